The zero-order valence-electron chi connectivity index (χ0n) is 12.7. The fraction of sp³-hybridized carbons (Fsp3) is 0.0526. The Morgan fingerprint density at radius 3 is 2.08 bits per heavy atom. The summed E-state index contributed by atoms with van der Waals surface area (Å²) in [6.07, 6.45) is 1.83. The predicted octanol–water partition coefficient (Wildman–Crippen LogP) is 7.10. The van der Waals surface area contributed by atoms with E-state index in [0.29, 0.717) is 31.3 Å². The molecule has 3 rings (SSSR count). The van der Waals surface area contributed by atoms with E-state index in [1.807, 2.05) is 24.3 Å². The van der Waals surface area contributed by atoms with Crippen molar-refractivity contribution in [2.45, 2.75) is 6.42 Å². The lowest BCUT2D eigenvalue weighted by Crippen LogP contribution is -1.96. The van der Waals surface area contributed by atoms with Crippen molar-refractivity contribution in [1.29, 1.82) is 5.26 Å². The Morgan fingerprint density at radius 2 is 1.44 bits per heavy atom. The van der Waals surface area contributed by atoms with Crippen LogP contribution in [-0.2, 0) is 6.42 Å². The van der Waals surface area contributed by atoms with Gasteiger partial charge in [-0.1, -0.05) is 70.7 Å². The molecule has 0 saturated heterocycles. The van der Waals surface area contributed by atoms with E-state index in [2.05, 4.69) is 11.1 Å². The largest absolute Gasteiger partial charge is 0.259 e. The van der Waals surface area contributed by atoms with Gasteiger partial charge in [0.2, 0.25) is 0 Å². The average Bonchev–Trinajstić information content (AvgIpc) is 2.61. The number of nitriles is 1. The van der Waals surface area contributed by atoms with Crippen LogP contribution in [0.2, 0.25) is 20.1 Å². The predicted molar refractivity (Wildman–Crippen MR) is 104 cm³/mol. The van der Waals surface area contributed by atoms with E-state index >= 15 is 0 Å². The fourth-order valence-electron chi connectivity index (χ4n) is 2.53. The van der Waals surface area contributed by atoms with Gasteiger partial charge in [-0.05, 0) is 18.2 Å². The number of pyridine rings is 1. The van der Waals surface area contributed by atoms with Crippen molar-refractivity contribution in [3.05, 3.63) is 74.4 Å². The van der Waals surface area contributed by atoms with Crippen molar-refractivity contribution < 1.29 is 0 Å². The third-order valence-corrected chi connectivity index (χ3v) is 5.36. The minimum absolute atomic E-state index is 0.154. The Balaban J connectivity index is 2.24. The summed E-state index contributed by atoms with van der Waals surface area (Å²) in [6, 6.07) is 14.8. The number of nitrogens with zero attached hydrogens (tertiary/aromatic N) is 2. The summed E-state index contributed by atoms with van der Waals surface area (Å²) in [5.74, 6) is 0. The van der Waals surface area contributed by atoms with E-state index in [1.54, 1.807) is 24.4 Å². The molecule has 0 aliphatic rings. The van der Waals surface area contributed by atoms with Crippen molar-refractivity contribution in [2.24, 2.45) is 0 Å². The van der Waals surface area contributed by atoms with Crippen molar-refractivity contribution in [1.82, 2.24) is 4.98 Å². The Kier molecular flexibility index (Phi) is 5.51. The van der Waals surface area contributed by atoms with Crippen LogP contribution >= 0.6 is 46.4 Å². The zero-order valence-corrected chi connectivity index (χ0v) is 15.8. The van der Waals surface area contributed by atoms with E-state index in [-0.39, 0.29) is 6.42 Å². The molecule has 1 aromatic heterocycles. The van der Waals surface area contributed by atoms with Gasteiger partial charge in [0.15, 0.2) is 0 Å². The first kappa shape index (κ1) is 18.0. The topological polar surface area (TPSA) is 36.7 Å². The summed E-state index contributed by atoms with van der Waals surface area (Å²) in [5.41, 5.74) is 3.60. The second-order valence-corrected chi connectivity index (χ2v) is 6.83. The molecule has 0 spiro atoms. The van der Waals surface area contributed by atoms with E-state index < -0.39 is 0 Å². The molecular formula is C19H10Cl4N2. The SMILES string of the molecule is N#CCc1ncc(-c2cccc(Cl)c2Cl)cc1-c1cccc(Cl)c1Cl. The quantitative estimate of drug-likeness (QED) is 0.464. The molecule has 6 heteroatoms. The molecule has 0 unspecified atom stereocenters. The van der Waals surface area contributed by atoms with Crippen molar-refractivity contribution >= 4 is 46.4 Å². The lowest BCUT2D eigenvalue weighted by molar-refractivity contribution is 1.12. The molecule has 0 N–H and O–H groups in total. The van der Waals surface area contributed by atoms with Gasteiger partial charge in [-0.25, -0.2) is 0 Å². The molecule has 1 heterocycles. The first-order valence-electron chi connectivity index (χ1n) is 7.27. The Hall–Kier alpha value is -1.76. The summed E-state index contributed by atoms with van der Waals surface area (Å²) in [7, 11) is 0. The van der Waals surface area contributed by atoms with Gasteiger partial charge >= 0.3 is 0 Å². The maximum absolute atomic E-state index is 9.09. The molecule has 0 aliphatic carbocycles. The van der Waals surface area contributed by atoms with Crippen LogP contribution in [0.4, 0.5) is 0 Å². The molecule has 124 valence electrons. The molecule has 0 fully saturated rings. The Labute approximate surface area is 165 Å². The molecule has 0 amide bonds. The summed E-state index contributed by atoms with van der Waals surface area (Å²) >= 11 is 24.9. The van der Waals surface area contributed by atoms with Crippen LogP contribution in [0.5, 0.6) is 0 Å². The van der Waals surface area contributed by atoms with E-state index in [0.717, 1.165) is 16.7 Å². The lowest BCUT2D eigenvalue weighted by Gasteiger charge is -2.13. The van der Waals surface area contributed by atoms with Crippen LogP contribution < -0.4 is 0 Å². The summed E-state index contributed by atoms with van der Waals surface area (Å²) in [6.45, 7) is 0. The van der Waals surface area contributed by atoms with E-state index in [4.69, 9.17) is 51.7 Å². The van der Waals surface area contributed by atoms with Crippen LogP contribution in [0.1, 0.15) is 5.69 Å². The molecule has 2 nitrogen and oxygen atoms in total. The monoisotopic (exact) mass is 406 g/mol. The number of rotatable bonds is 3. The van der Waals surface area contributed by atoms with Gasteiger partial charge in [0.1, 0.15) is 0 Å². The van der Waals surface area contributed by atoms with Crippen LogP contribution in [0, 0.1) is 11.3 Å². The zero-order chi connectivity index (χ0) is 18.0. The van der Waals surface area contributed by atoms with E-state index in [9.17, 15) is 0 Å². The van der Waals surface area contributed by atoms with Gasteiger partial charge in [0.25, 0.3) is 0 Å². The highest BCUT2D eigenvalue weighted by Crippen LogP contribution is 2.39. The van der Waals surface area contributed by atoms with Gasteiger partial charge in [-0.2, -0.15) is 5.26 Å². The molecule has 0 atom stereocenters. The highest BCUT2D eigenvalue weighted by molar-refractivity contribution is 6.44. The number of hydrogen-bond donors (Lipinski definition) is 0. The highest BCUT2D eigenvalue weighted by atomic mass is 35.5. The summed E-state index contributed by atoms with van der Waals surface area (Å²) < 4.78 is 0. The first-order chi connectivity index (χ1) is 12.0. The van der Waals surface area contributed by atoms with Gasteiger partial charge in [0.05, 0.1) is 38.3 Å². The van der Waals surface area contributed by atoms with E-state index in [1.165, 1.54) is 0 Å². The molecular weight excluding hydrogens is 398 g/mol. The molecule has 2 aromatic carbocycles. The van der Waals surface area contributed by atoms with Crippen molar-refractivity contribution in [2.75, 3.05) is 0 Å². The van der Waals surface area contributed by atoms with Gasteiger partial charge in [-0.15, -0.1) is 0 Å². The van der Waals surface area contributed by atoms with Crippen LogP contribution in [0.3, 0.4) is 0 Å². The smallest absolute Gasteiger partial charge is 0.0781 e. The second-order valence-electron chi connectivity index (χ2n) is 5.26. The molecule has 0 aliphatic heterocycles. The maximum atomic E-state index is 9.09. The van der Waals surface area contributed by atoms with Crippen molar-refractivity contribution in [3.8, 4) is 28.3 Å². The van der Waals surface area contributed by atoms with Gasteiger partial charge in [-0.3, -0.25) is 4.98 Å². The highest BCUT2D eigenvalue weighted by Gasteiger charge is 2.15. The third-order valence-electron chi connectivity index (χ3n) is 3.72. The number of benzene rings is 2. The van der Waals surface area contributed by atoms with Crippen LogP contribution in [0.25, 0.3) is 22.3 Å². The number of halogens is 4. The standard InChI is InChI=1S/C19H10Cl4N2/c20-15-5-1-3-12(18(15)22)11-9-14(17(7-8-24)25-10-11)13-4-2-6-16(21)19(13)23/h1-6,9-10H,7H2. The van der Waals surface area contributed by atoms with Crippen molar-refractivity contribution in [3.63, 3.8) is 0 Å². The fourth-order valence-corrected chi connectivity index (χ4v) is 3.34. The second kappa shape index (κ2) is 7.64. The number of aromatic nitrogens is 1. The summed E-state index contributed by atoms with van der Waals surface area (Å²) in [5, 5.41) is 10.9. The summed E-state index contributed by atoms with van der Waals surface area (Å²) in [4.78, 5) is 4.44. The molecule has 3 aromatic rings. The molecule has 25 heavy (non-hydrogen) atoms. The first-order valence-corrected chi connectivity index (χ1v) is 8.78. The Bertz CT molecular complexity index is 993. The van der Waals surface area contributed by atoms with Crippen LogP contribution in [0.15, 0.2) is 48.7 Å². The Morgan fingerprint density at radius 1 is 0.840 bits per heavy atom. The van der Waals surface area contributed by atoms with Gasteiger partial charge < -0.3 is 0 Å². The lowest BCUT2D eigenvalue weighted by atomic mass is 9.98. The minimum Gasteiger partial charge on any atom is -0.259 e. The normalized spacial score (nSPS) is 10.5. The number of hydrogen-bond acceptors (Lipinski definition) is 2. The molecule has 0 bridgehead atoms. The minimum atomic E-state index is 0.154. The van der Waals surface area contributed by atoms with Gasteiger partial charge in [0, 0.05) is 28.5 Å². The molecule has 0 saturated carbocycles. The molecule has 0 radical (unpaired) electrons. The maximum Gasteiger partial charge on any atom is 0.0781 e. The van der Waals surface area contributed by atoms with Crippen LogP contribution in [-0.4, -0.2) is 4.98 Å². The third kappa shape index (κ3) is 3.61. The average molecular weight is 408 g/mol.